The third-order valence-electron chi connectivity index (χ3n) is 3.99. The van der Waals surface area contributed by atoms with Gasteiger partial charge in [0.15, 0.2) is 5.76 Å². The second kappa shape index (κ2) is 5.56. The Kier molecular flexibility index (Phi) is 3.40. The van der Waals surface area contributed by atoms with Crippen molar-refractivity contribution in [1.82, 2.24) is 0 Å². The van der Waals surface area contributed by atoms with E-state index >= 15 is 0 Å². The van der Waals surface area contributed by atoms with Crippen LogP contribution in [-0.4, -0.2) is 5.78 Å². The van der Waals surface area contributed by atoms with Gasteiger partial charge >= 0.3 is 0 Å². The summed E-state index contributed by atoms with van der Waals surface area (Å²) >= 11 is 5.89. The summed E-state index contributed by atoms with van der Waals surface area (Å²) < 4.78 is 5.68. The number of rotatable bonds is 1. The predicted molar refractivity (Wildman–Crippen MR) is 92.5 cm³/mol. The lowest BCUT2D eigenvalue weighted by molar-refractivity contribution is 0.0871. The van der Waals surface area contributed by atoms with Gasteiger partial charge in [0, 0.05) is 16.1 Å². The number of halogens is 1. The normalized spacial score (nSPS) is 15.5. The van der Waals surface area contributed by atoms with Crippen molar-refractivity contribution in [3.05, 3.63) is 88.1 Å². The second-order valence-corrected chi connectivity index (χ2v) is 5.97. The molecular weight excluding hydrogens is 308 g/mol. The van der Waals surface area contributed by atoms with E-state index in [1.807, 2.05) is 48.5 Å². The van der Waals surface area contributed by atoms with E-state index in [0.717, 1.165) is 27.5 Å². The topological polar surface area (TPSA) is 26.3 Å². The first-order chi connectivity index (χ1) is 11.2. The summed E-state index contributed by atoms with van der Waals surface area (Å²) in [6.07, 6.45) is 1.76. The molecule has 1 heterocycles. The molecule has 0 N–H and O–H groups in total. The SMILES string of the molecule is O=C1C(=Cc2ccc(Cl)cc2)OCc2cc3ccccc3cc21. The molecule has 3 aromatic carbocycles. The van der Waals surface area contributed by atoms with Crippen molar-refractivity contribution in [3.63, 3.8) is 0 Å². The van der Waals surface area contributed by atoms with Gasteiger partial charge in [-0.05, 0) is 46.7 Å². The molecule has 0 unspecified atom stereocenters. The number of ether oxygens (including phenoxy) is 1. The highest BCUT2D eigenvalue weighted by atomic mass is 35.5. The molecule has 1 aliphatic rings. The Balaban J connectivity index is 1.76. The van der Waals surface area contributed by atoms with Crippen molar-refractivity contribution in [2.75, 3.05) is 0 Å². The fraction of sp³-hybridized carbons (Fsp3) is 0.0500. The van der Waals surface area contributed by atoms with Crippen LogP contribution < -0.4 is 0 Å². The largest absolute Gasteiger partial charge is 0.485 e. The molecule has 23 heavy (non-hydrogen) atoms. The first-order valence-electron chi connectivity index (χ1n) is 7.37. The third-order valence-corrected chi connectivity index (χ3v) is 4.24. The van der Waals surface area contributed by atoms with Gasteiger partial charge < -0.3 is 4.74 Å². The summed E-state index contributed by atoms with van der Waals surface area (Å²) in [5.41, 5.74) is 2.54. The van der Waals surface area contributed by atoms with Crippen LogP contribution in [0.5, 0.6) is 0 Å². The second-order valence-electron chi connectivity index (χ2n) is 5.53. The van der Waals surface area contributed by atoms with Gasteiger partial charge in [-0.15, -0.1) is 0 Å². The molecular formula is C20H13ClO2. The lowest BCUT2D eigenvalue weighted by atomic mass is 9.95. The summed E-state index contributed by atoms with van der Waals surface area (Å²) in [6, 6.07) is 19.3. The summed E-state index contributed by atoms with van der Waals surface area (Å²) in [5, 5.41) is 2.85. The number of benzene rings is 3. The van der Waals surface area contributed by atoms with Crippen molar-refractivity contribution in [2.24, 2.45) is 0 Å². The van der Waals surface area contributed by atoms with Gasteiger partial charge in [-0.3, -0.25) is 4.79 Å². The molecule has 0 spiro atoms. The molecule has 2 nitrogen and oxygen atoms in total. The van der Waals surface area contributed by atoms with Gasteiger partial charge in [-0.25, -0.2) is 0 Å². The molecule has 0 aliphatic carbocycles. The highest BCUT2D eigenvalue weighted by molar-refractivity contribution is 6.30. The molecule has 0 atom stereocenters. The lowest BCUT2D eigenvalue weighted by Crippen LogP contribution is -2.16. The van der Waals surface area contributed by atoms with Crippen LogP contribution in [0.2, 0.25) is 5.02 Å². The Labute approximate surface area is 139 Å². The number of fused-ring (bicyclic) bond motifs is 2. The summed E-state index contributed by atoms with van der Waals surface area (Å²) in [4.78, 5) is 12.7. The van der Waals surface area contributed by atoms with Crippen molar-refractivity contribution >= 4 is 34.2 Å². The molecule has 0 saturated heterocycles. The fourth-order valence-electron chi connectivity index (χ4n) is 2.79. The summed E-state index contributed by atoms with van der Waals surface area (Å²) in [6.45, 7) is 0.408. The van der Waals surface area contributed by atoms with Gasteiger partial charge in [0.1, 0.15) is 6.61 Å². The zero-order valence-corrected chi connectivity index (χ0v) is 13.0. The van der Waals surface area contributed by atoms with E-state index in [-0.39, 0.29) is 5.78 Å². The highest BCUT2D eigenvalue weighted by Gasteiger charge is 2.23. The van der Waals surface area contributed by atoms with Crippen LogP contribution in [0.4, 0.5) is 0 Å². The van der Waals surface area contributed by atoms with Crippen LogP contribution >= 0.6 is 11.6 Å². The Hall–Kier alpha value is -2.58. The van der Waals surface area contributed by atoms with E-state index in [2.05, 4.69) is 0 Å². The first-order valence-corrected chi connectivity index (χ1v) is 7.75. The number of ketones is 1. The molecule has 0 aromatic heterocycles. The van der Waals surface area contributed by atoms with E-state index in [1.165, 1.54) is 0 Å². The lowest BCUT2D eigenvalue weighted by Gasteiger charge is -2.19. The maximum Gasteiger partial charge on any atom is 0.228 e. The predicted octanol–water partition coefficient (Wildman–Crippen LogP) is 5.25. The maximum atomic E-state index is 12.7. The van der Waals surface area contributed by atoms with Crippen molar-refractivity contribution in [2.45, 2.75) is 6.61 Å². The molecule has 0 saturated carbocycles. The zero-order valence-electron chi connectivity index (χ0n) is 12.3. The smallest absolute Gasteiger partial charge is 0.228 e. The highest BCUT2D eigenvalue weighted by Crippen LogP contribution is 2.28. The third kappa shape index (κ3) is 2.62. The average Bonchev–Trinajstić information content (AvgIpc) is 2.58. The molecule has 3 aromatic rings. The average molecular weight is 321 g/mol. The molecule has 112 valence electrons. The van der Waals surface area contributed by atoms with Gasteiger partial charge in [-0.1, -0.05) is 48.0 Å². The number of carbonyl (C=O) groups is 1. The molecule has 4 rings (SSSR count). The van der Waals surface area contributed by atoms with Crippen molar-refractivity contribution in [1.29, 1.82) is 0 Å². The number of carbonyl (C=O) groups excluding carboxylic acids is 1. The van der Waals surface area contributed by atoms with Crippen LogP contribution in [0.1, 0.15) is 21.5 Å². The Morgan fingerprint density at radius 2 is 1.65 bits per heavy atom. The van der Waals surface area contributed by atoms with Gasteiger partial charge in [-0.2, -0.15) is 0 Å². The monoisotopic (exact) mass is 320 g/mol. The Morgan fingerprint density at radius 1 is 0.957 bits per heavy atom. The van der Waals surface area contributed by atoms with Crippen LogP contribution in [0.3, 0.4) is 0 Å². The molecule has 0 bridgehead atoms. The van der Waals surface area contributed by atoms with E-state index < -0.39 is 0 Å². The molecule has 1 aliphatic heterocycles. The van der Waals surface area contributed by atoms with Crippen LogP contribution in [0, 0.1) is 0 Å². The van der Waals surface area contributed by atoms with Gasteiger partial charge in [0.05, 0.1) is 0 Å². The summed E-state index contributed by atoms with van der Waals surface area (Å²) in [7, 11) is 0. The number of hydrogen-bond donors (Lipinski definition) is 0. The van der Waals surface area contributed by atoms with E-state index in [1.54, 1.807) is 18.2 Å². The zero-order chi connectivity index (χ0) is 15.8. The standard InChI is InChI=1S/C20H13ClO2/c21-17-7-5-13(6-8-17)9-19-20(22)18-11-15-4-2-1-3-14(15)10-16(18)12-23-19/h1-11H,12H2. The molecule has 3 heteroatoms. The maximum absolute atomic E-state index is 12.7. The minimum atomic E-state index is -0.0769. The van der Waals surface area contributed by atoms with Crippen LogP contribution in [-0.2, 0) is 11.3 Å². The van der Waals surface area contributed by atoms with E-state index in [9.17, 15) is 4.79 Å². The minimum absolute atomic E-state index is 0.0769. The van der Waals surface area contributed by atoms with Crippen LogP contribution in [0.15, 0.2) is 66.4 Å². The Morgan fingerprint density at radius 3 is 2.39 bits per heavy atom. The van der Waals surface area contributed by atoms with E-state index in [4.69, 9.17) is 16.3 Å². The van der Waals surface area contributed by atoms with Gasteiger partial charge in [0.2, 0.25) is 5.78 Å². The van der Waals surface area contributed by atoms with Gasteiger partial charge in [0.25, 0.3) is 0 Å². The molecule has 0 fully saturated rings. The quantitative estimate of drug-likeness (QED) is 0.573. The molecule has 0 radical (unpaired) electrons. The number of allylic oxidation sites excluding steroid dienone is 1. The van der Waals surface area contributed by atoms with E-state index in [0.29, 0.717) is 17.4 Å². The van der Waals surface area contributed by atoms with Crippen LogP contribution in [0.25, 0.3) is 16.8 Å². The minimum Gasteiger partial charge on any atom is -0.485 e. The number of Topliss-reactive ketones (excluding diaryl/α,β-unsaturated/α-hetero) is 1. The molecule has 0 amide bonds. The summed E-state index contributed by atoms with van der Waals surface area (Å²) in [5.74, 6) is 0.294. The Bertz CT molecular complexity index is 940. The number of hydrogen-bond acceptors (Lipinski definition) is 2. The fourth-order valence-corrected chi connectivity index (χ4v) is 2.92. The van der Waals surface area contributed by atoms with Crippen molar-refractivity contribution < 1.29 is 9.53 Å². The van der Waals surface area contributed by atoms with Crippen molar-refractivity contribution in [3.8, 4) is 0 Å². The first kappa shape index (κ1) is 14.0.